The predicted octanol–water partition coefficient (Wildman–Crippen LogP) is 5.45. The average Bonchev–Trinajstić information content (AvgIpc) is 3.03. The van der Waals surface area contributed by atoms with E-state index in [1.165, 1.54) is 22.3 Å². The molecule has 0 radical (unpaired) electrons. The SMILES string of the molecule is CCCc1ccc(C2=Cc3c(cccc3C(C)C)C2)o1. The first-order valence-electron chi connectivity index (χ1n) is 7.60. The number of hydrogen-bond acceptors (Lipinski definition) is 1. The molecule has 20 heavy (non-hydrogen) atoms. The minimum atomic E-state index is 0.563. The van der Waals surface area contributed by atoms with Crippen LogP contribution in [0.5, 0.6) is 0 Å². The summed E-state index contributed by atoms with van der Waals surface area (Å²) in [6.07, 6.45) is 5.47. The van der Waals surface area contributed by atoms with Gasteiger partial charge >= 0.3 is 0 Å². The third-order valence-corrected chi connectivity index (χ3v) is 4.03. The Morgan fingerprint density at radius 3 is 2.75 bits per heavy atom. The summed E-state index contributed by atoms with van der Waals surface area (Å²) in [6, 6.07) is 10.9. The van der Waals surface area contributed by atoms with Crippen LogP contribution in [0, 0.1) is 0 Å². The summed E-state index contributed by atoms with van der Waals surface area (Å²) in [7, 11) is 0. The normalized spacial score (nSPS) is 13.7. The van der Waals surface area contributed by atoms with Crippen molar-refractivity contribution in [2.45, 2.75) is 46.0 Å². The molecule has 0 saturated heterocycles. The molecule has 0 atom stereocenters. The number of aryl methyl sites for hydroxylation is 1. The summed E-state index contributed by atoms with van der Waals surface area (Å²) >= 11 is 0. The van der Waals surface area contributed by atoms with Crippen LogP contribution in [-0.4, -0.2) is 0 Å². The highest BCUT2D eigenvalue weighted by molar-refractivity contribution is 5.88. The second-order valence-electron chi connectivity index (χ2n) is 5.94. The molecule has 0 N–H and O–H groups in total. The third-order valence-electron chi connectivity index (χ3n) is 4.03. The molecule has 0 bridgehead atoms. The molecule has 1 heterocycles. The average molecular weight is 266 g/mol. The van der Waals surface area contributed by atoms with Gasteiger partial charge < -0.3 is 4.42 Å². The molecule has 0 fully saturated rings. The Labute approximate surface area is 121 Å². The van der Waals surface area contributed by atoms with E-state index in [-0.39, 0.29) is 0 Å². The second kappa shape index (κ2) is 5.32. The number of fused-ring (bicyclic) bond motifs is 1. The van der Waals surface area contributed by atoms with Crippen LogP contribution in [0.4, 0.5) is 0 Å². The van der Waals surface area contributed by atoms with Crippen LogP contribution in [0.1, 0.15) is 61.3 Å². The standard InChI is InChI=1S/C19H22O/c1-4-6-16-9-10-19(20-16)15-11-14-7-5-8-17(13(2)3)18(14)12-15/h5,7-10,12-13H,4,6,11H2,1-3H3. The van der Waals surface area contributed by atoms with Crippen LogP contribution in [0.25, 0.3) is 11.6 Å². The zero-order valence-electron chi connectivity index (χ0n) is 12.6. The zero-order chi connectivity index (χ0) is 14.1. The Kier molecular flexibility index (Phi) is 3.52. The number of allylic oxidation sites excluding steroid dienone is 1. The van der Waals surface area contributed by atoms with Gasteiger partial charge in [-0.3, -0.25) is 0 Å². The molecular formula is C19H22O. The molecule has 1 nitrogen and oxygen atoms in total. The molecule has 1 aliphatic rings. The summed E-state index contributed by atoms with van der Waals surface area (Å²) < 4.78 is 5.97. The first-order valence-corrected chi connectivity index (χ1v) is 7.60. The van der Waals surface area contributed by atoms with E-state index in [1.807, 2.05) is 0 Å². The lowest BCUT2D eigenvalue weighted by Crippen LogP contribution is -1.93. The molecule has 0 aliphatic heterocycles. The van der Waals surface area contributed by atoms with E-state index in [9.17, 15) is 0 Å². The van der Waals surface area contributed by atoms with Crippen molar-refractivity contribution in [3.05, 3.63) is 58.5 Å². The monoisotopic (exact) mass is 266 g/mol. The molecule has 104 valence electrons. The lowest BCUT2D eigenvalue weighted by atomic mass is 9.95. The zero-order valence-corrected chi connectivity index (χ0v) is 12.6. The van der Waals surface area contributed by atoms with Crippen LogP contribution in [0.2, 0.25) is 0 Å². The fourth-order valence-electron chi connectivity index (χ4n) is 2.99. The van der Waals surface area contributed by atoms with Crippen molar-refractivity contribution >= 4 is 11.6 Å². The minimum Gasteiger partial charge on any atom is -0.461 e. The van der Waals surface area contributed by atoms with Crippen LogP contribution in [-0.2, 0) is 12.8 Å². The topological polar surface area (TPSA) is 13.1 Å². The molecule has 0 amide bonds. The van der Waals surface area contributed by atoms with E-state index in [1.54, 1.807) is 0 Å². The highest BCUT2D eigenvalue weighted by Crippen LogP contribution is 2.36. The molecule has 1 aliphatic carbocycles. The van der Waals surface area contributed by atoms with E-state index in [0.717, 1.165) is 30.8 Å². The Morgan fingerprint density at radius 2 is 2.00 bits per heavy atom. The van der Waals surface area contributed by atoms with Crippen molar-refractivity contribution in [3.63, 3.8) is 0 Å². The maximum absolute atomic E-state index is 5.97. The highest BCUT2D eigenvalue weighted by Gasteiger charge is 2.19. The number of benzene rings is 1. The fraction of sp³-hybridized carbons (Fsp3) is 0.368. The fourth-order valence-corrected chi connectivity index (χ4v) is 2.99. The second-order valence-corrected chi connectivity index (χ2v) is 5.94. The van der Waals surface area contributed by atoms with E-state index < -0.39 is 0 Å². The van der Waals surface area contributed by atoms with Gasteiger partial charge in [0.25, 0.3) is 0 Å². The van der Waals surface area contributed by atoms with Gasteiger partial charge in [0.05, 0.1) is 0 Å². The van der Waals surface area contributed by atoms with Crippen LogP contribution >= 0.6 is 0 Å². The molecule has 2 aromatic rings. The minimum absolute atomic E-state index is 0.563. The van der Waals surface area contributed by atoms with Gasteiger partial charge in [-0.05, 0) is 52.8 Å². The van der Waals surface area contributed by atoms with Gasteiger partial charge in [-0.25, -0.2) is 0 Å². The third kappa shape index (κ3) is 2.33. The molecule has 0 saturated carbocycles. The molecule has 0 spiro atoms. The predicted molar refractivity (Wildman–Crippen MR) is 84.8 cm³/mol. The molecule has 1 heteroatoms. The number of hydrogen-bond donors (Lipinski definition) is 0. The van der Waals surface area contributed by atoms with Gasteiger partial charge in [-0.15, -0.1) is 0 Å². The van der Waals surface area contributed by atoms with Gasteiger partial charge in [0.2, 0.25) is 0 Å². The molecule has 0 unspecified atom stereocenters. The number of furan rings is 1. The van der Waals surface area contributed by atoms with Crippen molar-refractivity contribution in [2.24, 2.45) is 0 Å². The van der Waals surface area contributed by atoms with E-state index in [0.29, 0.717) is 5.92 Å². The van der Waals surface area contributed by atoms with E-state index >= 15 is 0 Å². The Balaban J connectivity index is 1.94. The maximum Gasteiger partial charge on any atom is 0.130 e. The molecule has 1 aromatic heterocycles. The first-order chi connectivity index (χ1) is 9.69. The molecule has 3 rings (SSSR count). The Bertz CT molecular complexity index is 644. The van der Waals surface area contributed by atoms with Crippen molar-refractivity contribution in [3.8, 4) is 0 Å². The smallest absolute Gasteiger partial charge is 0.130 e. The van der Waals surface area contributed by atoms with Crippen molar-refractivity contribution < 1.29 is 4.42 Å². The van der Waals surface area contributed by atoms with E-state index in [4.69, 9.17) is 4.42 Å². The largest absolute Gasteiger partial charge is 0.461 e. The van der Waals surface area contributed by atoms with Crippen LogP contribution in [0.3, 0.4) is 0 Å². The first kappa shape index (κ1) is 13.2. The van der Waals surface area contributed by atoms with Crippen LogP contribution < -0.4 is 0 Å². The lowest BCUT2D eigenvalue weighted by molar-refractivity contribution is 0.495. The van der Waals surface area contributed by atoms with Crippen molar-refractivity contribution in [1.29, 1.82) is 0 Å². The number of rotatable bonds is 4. The maximum atomic E-state index is 5.97. The van der Waals surface area contributed by atoms with Gasteiger partial charge in [-0.2, -0.15) is 0 Å². The van der Waals surface area contributed by atoms with Gasteiger partial charge in [0, 0.05) is 12.8 Å². The quantitative estimate of drug-likeness (QED) is 0.717. The molecular weight excluding hydrogens is 244 g/mol. The van der Waals surface area contributed by atoms with Crippen molar-refractivity contribution in [1.82, 2.24) is 0 Å². The van der Waals surface area contributed by atoms with Crippen LogP contribution in [0.15, 0.2) is 34.7 Å². The van der Waals surface area contributed by atoms with Gasteiger partial charge in [0.1, 0.15) is 11.5 Å². The van der Waals surface area contributed by atoms with Crippen molar-refractivity contribution in [2.75, 3.05) is 0 Å². The summed E-state index contributed by atoms with van der Waals surface area (Å²) in [6.45, 7) is 6.70. The molecule has 1 aromatic carbocycles. The Hall–Kier alpha value is -1.76. The van der Waals surface area contributed by atoms with E-state index in [2.05, 4.69) is 57.2 Å². The summed E-state index contributed by atoms with van der Waals surface area (Å²) in [5, 5.41) is 0. The Morgan fingerprint density at radius 1 is 1.15 bits per heavy atom. The summed E-state index contributed by atoms with van der Waals surface area (Å²) in [5.41, 5.74) is 5.60. The summed E-state index contributed by atoms with van der Waals surface area (Å²) in [5.74, 6) is 2.70. The van der Waals surface area contributed by atoms with Gasteiger partial charge in [0.15, 0.2) is 0 Å². The summed E-state index contributed by atoms with van der Waals surface area (Å²) in [4.78, 5) is 0. The lowest BCUT2D eigenvalue weighted by Gasteiger charge is -2.10. The highest BCUT2D eigenvalue weighted by atomic mass is 16.3. The van der Waals surface area contributed by atoms with Gasteiger partial charge in [-0.1, -0.05) is 39.0 Å².